The molecule has 0 spiro atoms. The molecule has 0 aliphatic carbocycles. The minimum Gasteiger partial charge on any atom is -0.494 e. The number of aromatic hydroxyl groups is 1. The van der Waals surface area contributed by atoms with Crippen LogP contribution < -0.4 is 5.56 Å². The number of hydrogen-bond donors (Lipinski definition) is 1. The maximum atomic E-state index is 12.3. The van der Waals surface area contributed by atoms with E-state index < -0.39 is 5.56 Å². The number of pyridine rings is 1. The van der Waals surface area contributed by atoms with Crippen molar-refractivity contribution in [3.63, 3.8) is 0 Å². The Kier molecular flexibility index (Phi) is 5.33. The minimum absolute atomic E-state index is 0.0276. The van der Waals surface area contributed by atoms with E-state index in [1.165, 1.54) is 6.21 Å². The van der Waals surface area contributed by atoms with Gasteiger partial charge in [-0.15, -0.1) is 0 Å². The second-order valence-electron chi connectivity index (χ2n) is 5.47. The Morgan fingerprint density at radius 3 is 2.62 bits per heavy atom. The summed E-state index contributed by atoms with van der Waals surface area (Å²) in [7, 11) is 0. The smallest absolute Gasteiger partial charge is 0.271 e. The molecule has 0 aliphatic rings. The fourth-order valence-electron chi connectivity index (χ4n) is 2.29. The Morgan fingerprint density at radius 1 is 1.38 bits per heavy atom. The third-order valence-electron chi connectivity index (χ3n) is 3.55. The summed E-state index contributed by atoms with van der Waals surface area (Å²) in [5.41, 5.74) is 0.513. The van der Waals surface area contributed by atoms with Crippen LogP contribution in [0.25, 0.3) is 0 Å². The van der Waals surface area contributed by atoms with Crippen molar-refractivity contribution < 1.29 is 5.11 Å². The Bertz CT molecular complexity index is 925. The molecule has 24 heavy (non-hydrogen) atoms. The van der Waals surface area contributed by atoms with E-state index in [4.69, 9.17) is 23.2 Å². The second-order valence-corrected chi connectivity index (χ2v) is 6.32. The summed E-state index contributed by atoms with van der Waals surface area (Å²) in [6, 6.07) is 6.41. The highest BCUT2D eigenvalue weighted by molar-refractivity contribution is 6.35. The van der Waals surface area contributed by atoms with Crippen molar-refractivity contribution in [1.29, 1.82) is 5.26 Å². The van der Waals surface area contributed by atoms with E-state index in [1.54, 1.807) is 39.0 Å². The quantitative estimate of drug-likeness (QED) is 0.822. The second kappa shape index (κ2) is 7.08. The standard InChI is InChI=1S/C17H15Cl2N3O2/c1-9(2)22-16(23)12(7-20)10(3)13(17(22)24)8-21-15-6-11(18)4-5-14(15)19/h4-6,8-9,24H,1-3H3. The van der Waals surface area contributed by atoms with Crippen LogP contribution in [0.2, 0.25) is 10.0 Å². The molecule has 5 nitrogen and oxygen atoms in total. The molecule has 7 heteroatoms. The number of nitrogens with zero attached hydrogens (tertiary/aromatic N) is 3. The lowest BCUT2D eigenvalue weighted by Gasteiger charge is -2.16. The van der Waals surface area contributed by atoms with Crippen LogP contribution >= 0.6 is 23.2 Å². The highest BCUT2D eigenvalue weighted by atomic mass is 35.5. The number of hydrogen-bond acceptors (Lipinski definition) is 4. The summed E-state index contributed by atoms with van der Waals surface area (Å²) < 4.78 is 1.16. The zero-order chi connectivity index (χ0) is 18.0. The van der Waals surface area contributed by atoms with E-state index in [-0.39, 0.29) is 23.0 Å². The number of benzene rings is 1. The lowest BCUT2D eigenvalue weighted by molar-refractivity contribution is 0.386. The first-order valence-corrected chi connectivity index (χ1v) is 7.90. The summed E-state index contributed by atoms with van der Waals surface area (Å²) in [4.78, 5) is 16.5. The van der Waals surface area contributed by atoms with Gasteiger partial charge >= 0.3 is 0 Å². The van der Waals surface area contributed by atoms with Crippen molar-refractivity contribution in [2.24, 2.45) is 4.99 Å². The van der Waals surface area contributed by atoms with Gasteiger partial charge < -0.3 is 5.11 Å². The summed E-state index contributed by atoms with van der Waals surface area (Å²) in [5, 5.41) is 20.6. The van der Waals surface area contributed by atoms with Gasteiger partial charge in [0.1, 0.15) is 11.6 Å². The molecule has 0 fully saturated rings. The van der Waals surface area contributed by atoms with Crippen LogP contribution in [0.5, 0.6) is 5.88 Å². The molecule has 1 aromatic carbocycles. The molecule has 2 aromatic rings. The summed E-state index contributed by atoms with van der Waals surface area (Å²) in [6.45, 7) is 5.07. The average Bonchev–Trinajstić information content (AvgIpc) is 2.50. The largest absolute Gasteiger partial charge is 0.494 e. The topological polar surface area (TPSA) is 78.4 Å². The SMILES string of the molecule is Cc1c(C=Nc2cc(Cl)ccc2Cl)c(O)n(C(C)C)c(=O)c1C#N. The van der Waals surface area contributed by atoms with Crippen molar-refractivity contribution in [3.8, 4) is 11.9 Å². The van der Waals surface area contributed by atoms with Crippen LogP contribution in [-0.4, -0.2) is 15.9 Å². The Hall–Kier alpha value is -2.29. The molecule has 0 radical (unpaired) electrons. The van der Waals surface area contributed by atoms with Crippen LogP contribution in [0.1, 0.15) is 36.6 Å². The highest BCUT2D eigenvalue weighted by Crippen LogP contribution is 2.29. The predicted molar refractivity (Wildman–Crippen MR) is 95.9 cm³/mol. The average molecular weight is 364 g/mol. The van der Waals surface area contributed by atoms with E-state index in [0.717, 1.165) is 4.57 Å². The van der Waals surface area contributed by atoms with Crippen molar-refractivity contribution in [2.75, 3.05) is 0 Å². The monoisotopic (exact) mass is 363 g/mol. The molecule has 0 unspecified atom stereocenters. The number of rotatable bonds is 3. The van der Waals surface area contributed by atoms with Gasteiger partial charge in [-0.2, -0.15) is 5.26 Å². The molecular weight excluding hydrogens is 349 g/mol. The van der Waals surface area contributed by atoms with Crippen LogP contribution in [-0.2, 0) is 0 Å². The van der Waals surface area contributed by atoms with Gasteiger partial charge in [0.05, 0.1) is 16.3 Å². The molecule has 0 aliphatic heterocycles. The van der Waals surface area contributed by atoms with Gasteiger partial charge in [0, 0.05) is 17.3 Å². The third kappa shape index (κ3) is 3.30. The molecule has 1 aromatic heterocycles. The highest BCUT2D eigenvalue weighted by Gasteiger charge is 2.19. The molecule has 1 heterocycles. The molecule has 0 atom stereocenters. The lowest BCUT2D eigenvalue weighted by Crippen LogP contribution is -2.26. The maximum absolute atomic E-state index is 12.3. The molecule has 124 valence electrons. The zero-order valence-electron chi connectivity index (χ0n) is 13.3. The summed E-state index contributed by atoms with van der Waals surface area (Å²) in [5.74, 6) is -0.242. The molecular formula is C17H15Cl2N3O2. The van der Waals surface area contributed by atoms with E-state index in [0.29, 0.717) is 21.3 Å². The van der Waals surface area contributed by atoms with Crippen LogP contribution in [0.15, 0.2) is 28.0 Å². The van der Waals surface area contributed by atoms with E-state index >= 15 is 0 Å². The number of aliphatic imine (C=N–C) groups is 1. The fraction of sp³-hybridized carbons (Fsp3) is 0.235. The molecule has 1 N–H and O–H groups in total. The zero-order valence-corrected chi connectivity index (χ0v) is 14.9. The fourth-order valence-corrected chi connectivity index (χ4v) is 2.63. The van der Waals surface area contributed by atoms with Gasteiger partial charge in [-0.3, -0.25) is 14.4 Å². The van der Waals surface area contributed by atoms with Crippen molar-refractivity contribution >= 4 is 35.1 Å². The first-order valence-electron chi connectivity index (χ1n) is 7.15. The Morgan fingerprint density at radius 2 is 2.04 bits per heavy atom. The third-order valence-corrected chi connectivity index (χ3v) is 4.10. The van der Waals surface area contributed by atoms with E-state index in [1.807, 2.05) is 6.07 Å². The van der Waals surface area contributed by atoms with E-state index in [2.05, 4.69) is 4.99 Å². The Balaban J connectivity index is 2.69. The number of nitriles is 1. The number of halogens is 2. The molecule has 0 saturated heterocycles. The van der Waals surface area contributed by atoms with Crippen molar-refractivity contribution in [1.82, 2.24) is 4.57 Å². The van der Waals surface area contributed by atoms with Gasteiger partial charge in [-0.05, 0) is 44.5 Å². The first kappa shape index (κ1) is 18.1. The van der Waals surface area contributed by atoms with Gasteiger partial charge in [0.15, 0.2) is 0 Å². The van der Waals surface area contributed by atoms with Gasteiger partial charge in [-0.1, -0.05) is 23.2 Å². The van der Waals surface area contributed by atoms with Gasteiger partial charge in [-0.25, -0.2) is 0 Å². The molecule has 0 amide bonds. The van der Waals surface area contributed by atoms with Crippen LogP contribution in [0.4, 0.5) is 5.69 Å². The maximum Gasteiger partial charge on any atom is 0.271 e. The Labute approximate surface area is 149 Å². The predicted octanol–water partition coefficient (Wildman–Crippen LogP) is 4.37. The summed E-state index contributed by atoms with van der Waals surface area (Å²) in [6.07, 6.45) is 1.38. The minimum atomic E-state index is -0.527. The number of aromatic nitrogens is 1. The van der Waals surface area contributed by atoms with Crippen molar-refractivity contribution in [2.45, 2.75) is 26.8 Å². The molecule has 0 bridgehead atoms. The normalized spacial score (nSPS) is 11.2. The summed E-state index contributed by atoms with van der Waals surface area (Å²) >= 11 is 12.0. The van der Waals surface area contributed by atoms with E-state index in [9.17, 15) is 15.2 Å². The van der Waals surface area contributed by atoms with Gasteiger partial charge in [0.2, 0.25) is 5.88 Å². The van der Waals surface area contributed by atoms with Crippen LogP contribution in [0.3, 0.4) is 0 Å². The lowest BCUT2D eigenvalue weighted by atomic mass is 10.1. The molecule has 0 saturated carbocycles. The van der Waals surface area contributed by atoms with Crippen LogP contribution in [0, 0.1) is 18.3 Å². The molecule has 2 rings (SSSR count). The first-order chi connectivity index (χ1) is 11.3. The van der Waals surface area contributed by atoms with Gasteiger partial charge in [0.25, 0.3) is 5.56 Å². The van der Waals surface area contributed by atoms with Crippen molar-refractivity contribution in [3.05, 3.63) is 55.3 Å².